The summed E-state index contributed by atoms with van der Waals surface area (Å²) in [5.74, 6) is 0. The predicted molar refractivity (Wildman–Crippen MR) is 62.0 cm³/mol. The number of alkyl halides is 2. The molecule has 0 bridgehead atoms. The summed E-state index contributed by atoms with van der Waals surface area (Å²) in [6.45, 7) is 3.46. The lowest BCUT2D eigenvalue weighted by Crippen LogP contribution is -2.63. The average molecular weight is 279 g/mol. The molecule has 0 aromatic carbocycles. The van der Waals surface area contributed by atoms with Gasteiger partial charge in [-0.05, 0) is 20.8 Å². The summed E-state index contributed by atoms with van der Waals surface area (Å²) in [7, 11) is 0. The van der Waals surface area contributed by atoms with Crippen LogP contribution in [0.2, 0.25) is 0 Å². The van der Waals surface area contributed by atoms with E-state index in [4.69, 9.17) is 9.47 Å². The number of hydrogen-bond donors (Lipinski definition) is 0. The molecule has 19 heavy (non-hydrogen) atoms. The molecule has 2 fully saturated rings. The van der Waals surface area contributed by atoms with Gasteiger partial charge in [0, 0.05) is 6.42 Å². The second-order valence-corrected chi connectivity index (χ2v) is 6.05. The number of carbonyl (C=O) groups is 1. The van der Waals surface area contributed by atoms with Gasteiger partial charge in [-0.25, -0.2) is 4.79 Å². The van der Waals surface area contributed by atoms with E-state index in [9.17, 15) is 13.6 Å². The van der Waals surface area contributed by atoms with E-state index in [-0.39, 0.29) is 6.61 Å². The zero-order chi connectivity index (χ0) is 14.3. The molecule has 7 heteroatoms. The summed E-state index contributed by atoms with van der Waals surface area (Å²) in [5, 5.41) is 0. The lowest BCUT2D eigenvalue weighted by molar-refractivity contribution is -0.161. The average Bonchev–Trinajstić information content (AvgIpc) is 2.55. The second kappa shape index (κ2) is 4.86. The van der Waals surface area contributed by atoms with E-state index in [1.807, 2.05) is 0 Å². The van der Waals surface area contributed by atoms with E-state index in [2.05, 4.69) is 4.74 Å². The van der Waals surface area contributed by atoms with Crippen LogP contribution in [0.3, 0.4) is 0 Å². The first kappa shape index (κ1) is 14.5. The van der Waals surface area contributed by atoms with Crippen LogP contribution in [0, 0.1) is 0 Å². The van der Waals surface area contributed by atoms with Crippen LogP contribution in [-0.4, -0.2) is 54.6 Å². The number of nitrogens with zero attached hydrogens (tertiary/aromatic N) is 1. The highest BCUT2D eigenvalue weighted by Gasteiger charge is 2.52. The minimum atomic E-state index is -2.79. The molecule has 0 aliphatic carbocycles. The zero-order valence-corrected chi connectivity index (χ0v) is 11.3. The molecule has 5 nitrogen and oxygen atoms in total. The fourth-order valence-electron chi connectivity index (χ4n) is 2.36. The van der Waals surface area contributed by atoms with Crippen molar-refractivity contribution in [1.29, 1.82) is 0 Å². The van der Waals surface area contributed by atoms with E-state index >= 15 is 0 Å². The Bertz CT molecular complexity index is 350. The quantitative estimate of drug-likeness (QED) is 0.775. The van der Waals surface area contributed by atoms with Gasteiger partial charge in [-0.2, -0.15) is 8.78 Å². The van der Waals surface area contributed by atoms with Crippen molar-refractivity contribution < 1.29 is 27.8 Å². The highest BCUT2D eigenvalue weighted by Crippen LogP contribution is 2.37. The Hall–Kier alpha value is -0.950. The molecule has 2 aliphatic heterocycles. The smallest absolute Gasteiger partial charge is 0.410 e. The second-order valence-electron chi connectivity index (χ2n) is 6.05. The van der Waals surface area contributed by atoms with E-state index in [0.717, 1.165) is 0 Å². The maximum Gasteiger partial charge on any atom is 0.410 e. The third-order valence-electron chi connectivity index (χ3n) is 3.08. The van der Waals surface area contributed by atoms with Crippen molar-refractivity contribution in [3.8, 4) is 0 Å². The Labute approximate surface area is 110 Å². The van der Waals surface area contributed by atoms with Crippen LogP contribution in [0.25, 0.3) is 0 Å². The van der Waals surface area contributed by atoms with Crippen LogP contribution < -0.4 is 0 Å². The van der Waals surface area contributed by atoms with E-state index < -0.39 is 30.0 Å². The van der Waals surface area contributed by atoms with Crippen molar-refractivity contribution in [2.75, 3.05) is 19.7 Å². The van der Waals surface area contributed by atoms with E-state index in [0.29, 0.717) is 19.5 Å². The molecular weight excluding hydrogens is 260 g/mol. The summed E-state index contributed by atoms with van der Waals surface area (Å²) >= 11 is 0. The van der Waals surface area contributed by atoms with Crippen LogP contribution in [-0.2, 0) is 14.2 Å². The summed E-state index contributed by atoms with van der Waals surface area (Å²) in [5.41, 5.74) is -1.08. The molecule has 0 unspecified atom stereocenters. The minimum absolute atomic E-state index is 0.145. The van der Waals surface area contributed by atoms with Gasteiger partial charge in [0.2, 0.25) is 0 Å². The van der Waals surface area contributed by atoms with Gasteiger partial charge in [-0.15, -0.1) is 0 Å². The van der Waals surface area contributed by atoms with Crippen LogP contribution in [0.15, 0.2) is 0 Å². The number of carbonyl (C=O) groups excluding carboxylic acids is 1. The van der Waals surface area contributed by atoms with Crippen molar-refractivity contribution in [3.05, 3.63) is 0 Å². The summed E-state index contributed by atoms with van der Waals surface area (Å²) < 4.78 is 39.3. The molecule has 2 aliphatic rings. The highest BCUT2D eigenvalue weighted by molar-refractivity contribution is 5.69. The fraction of sp³-hybridized carbons (Fsp3) is 0.917. The van der Waals surface area contributed by atoms with Gasteiger partial charge in [0.1, 0.15) is 11.2 Å². The molecule has 1 atom stereocenters. The van der Waals surface area contributed by atoms with Gasteiger partial charge < -0.3 is 19.1 Å². The van der Waals surface area contributed by atoms with Gasteiger partial charge >= 0.3 is 12.7 Å². The Morgan fingerprint density at radius 1 is 1.42 bits per heavy atom. The molecule has 0 aromatic heterocycles. The molecule has 0 N–H and O–H groups in total. The summed E-state index contributed by atoms with van der Waals surface area (Å²) in [6.07, 6.45) is -0.614. The standard InChI is InChI=1S/C12H19F2NO4/c1-11(2,3)19-10(16)15-6-12(7-15)4-8(5-17-12)18-9(13)14/h8-9H,4-7H2,1-3H3/t8-/m0/s1. The monoisotopic (exact) mass is 279 g/mol. The van der Waals surface area contributed by atoms with Crippen molar-refractivity contribution in [2.45, 2.75) is 51.1 Å². The summed E-state index contributed by atoms with van der Waals surface area (Å²) in [6, 6.07) is 0. The Kier molecular flexibility index (Phi) is 3.70. The molecule has 0 radical (unpaired) electrons. The third kappa shape index (κ3) is 3.54. The highest BCUT2D eigenvalue weighted by atomic mass is 19.3. The van der Waals surface area contributed by atoms with Gasteiger partial charge in [0.25, 0.3) is 0 Å². The van der Waals surface area contributed by atoms with Gasteiger partial charge in [0.15, 0.2) is 0 Å². The molecule has 2 rings (SSSR count). The molecule has 2 heterocycles. The number of hydrogen-bond acceptors (Lipinski definition) is 4. The minimum Gasteiger partial charge on any atom is -0.444 e. The lowest BCUT2D eigenvalue weighted by atomic mass is 9.90. The van der Waals surface area contributed by atoms with Crippen LogP contribution >= 0.6 is 0 Å². The van der Waals surface area contributed by atoms with Gasteiger partial charge in [-0.3, -0.25) is 0 Å². The topological polar surface area (TPSA) is 48.0 Å². The van der Waals surface area contributed by atoms with E-state index in [1.165, 1.54) is 4.90 Å². The number of amides is 1. The van der Waals surface area contributed by atoms with Gasteiger partial charge in [0.05, 0.1) is 25.8 Å². The first-order chi connectivity index (χ1) is 8.69. The number of halogens is 2. The predicted octanol–water partition coefficient (Wildman–Crippen LogP) is 2.00. The maximum atomic E-state index is 12.1. The number of rotatable bonds is 2. The van der Waals surface area contributed by atoms with Crippen molar-refractivity contribution in [2.24, 2.45) is 0 Å². The molecule has 2 saturated heterocycles. The van der Waals surface area contributed by atoms with E-state index in [1.54, 1.807) is 20.8 Å². The van der Waals surface area contributed by atoms with Crippen molar-refractivity contribution in [3.63, 3.8) is 0 Å². The molecular formula is C12H19F2NO4. The molecule has 0 saturated carbocycles. The maximum absolute atomic E-state index is 12.1. The normalized spacial score (nSPS) is 25.8. The fourth-order valence-corrected chi connectivity index (χ4v) is 2.36. The Morgan fingerprint density at radius 3 is 2.58 bits per heavy atom. The van der Waals surface area contributed by atoms with Crippen molar-refractivity contribution in [1.82, 2.24) is 4.90 Å². The Morgan fingerprint density at radius 2 is 2.05 bits per heavy atom. The summed E-state index contributed by atoms with van der Waals surface area (Å²) in [4.78, 5) is 13.2. The first-order valence-electron chi connectivity index (χ1n) is 6.25. The largest absolute Gasteiger partial charge is 0.444 e. The lowest BCUT2D eigenvalue weighted by Gasteiger charge is -2.46. The SMILES string of the molecule is CC(C)(C)OC(=O)N1CC2(C[C@H](OC(F)F)CO2)C1. The number of likely N-dealkylation sites (tertiary alicyclic amines) is 1. The van der Waals surface area contributed by atoms with Crippen LogP contribution in [0.1, 0.15) is 27.2 Å². The molecule has 1 amide bonds. The zero-order valence-electron chi connectivity index (χ0n) is 11.3. The van der Waals surface area contributed by atoms with Crippen LogP contribution in [0.5, 0.6) is 0 Å². The van der Waals surface area contributed by atoms with Crippen molar-refractivity contribution >= 4 is 6.09 Å². The Balaban J connectivity index is 1.78. The van der Waals surface area contributed by atoms with Gasteiger partial charge in [-0.1, -0.05) is 0 Å². The molecule has 1 spiro atoms. The molecule has 0 aromatic rings. The molecule has 110 valence electrons. The van der Waals surface area contributed by atoms with Crippen LogP contribution in [0.4, 0.5) is 13.6 Å². The third-order valence-corrected chi connectivity index (χ3v) is 3.08. The number of ether oxygens (including phenoxy) is 3. The first-order valence-corrected chi connectivity index (χ1v) is 6.25.